The van der Waals surface area contributed by atoms with Crippen LogP contribution in [-0.4, -0.2) is 79.8 Å². The van der Waals surface area contributed by atoms with Crippen LogP contribution in [0.1, 0.15) is 31.5 Å². The summed E-state index contributed by atoms with van der Waals surface area (Å²) in [7, 11) is 0. The monoisotopic (exact) mass is 518 g/mol. The molecule has 0 saturated heterocycles. The first kappa shape index (κ1) is 29.3. The van der Waals surface area contributed by atoms with Crippen molar-refractivity contribution in [2.75, 3.05) is 6.61 Å². The first-order chi connectivity index (χ1) is 17.5. The van der Waals surface area contributed by atoms with Crippen molar-refractivity contribution >= 4 is 23.7 Å². The maximum absolute atomic E-state index is 13.3. The normalized spacial score (nSPS) is 14.3. The zero-order valence-corrected chi connectivity index (χ0v) is 20.7. The van der Waals surface area contributed by atoms with Crippen LogP contribution in [-0.2, 0) is 32.0 Å². The molecule has 0 bridgehead atoms. The molecule has 4 unspecified atom stereocenters. The Kier molecular flexibility index (Phi) is 11.0. The summed E-state index contributed by atoms with van der Waals surface area (Å²) in [6.07, 6.45) is 3.01. The minimum Gasteiger partial charge on any atom is -0.508 e. The number of imidazole rings is 1. The zero-order chi connectivity index (χ0) is 27.5. The van der Waals surface area contributed by atoms with Crippen LogP contribution in [0.25, 0.3) is 0 Å². The lowest BCUT2D eigenvalue weighted by atomic mass is 10.0. The molecule has 1 aromatic carbocycles. The molecule has 13 heteroatoms. The summed E-state index contributed by atoms with van der Waals surface area (Å²) >= 11 is 0. The van der Waals surface area contributed by atoms with Gasteiger partial charge in [-0.2, -0.15) is 0 Å². The Balaban J connectivity index is 2.27. The Labute approximate surface area is 213 Å². The quantitative estimate of drug-likeness (QED) is 0.150. The van der Waals surface area contributed by atoms with Gasteiger partial charge in [-0.1, -0.05) is 26.0 Å². The van der Waals surface area contributed by atoms with Crippen LogP contribution in [0.2, 0.25) is 0 Å². The Hall–Kier alpha value is -3.97. The second-order valence-corrected chi connectivity index (χ2v) is 9.09. The number of nitrogens with zero attached hydrogens (tertiary/aromatic N) is 1. The van der Waals surface area contributed by atoms with E-state index in [1.54, 1.807) is 12.1 Å². The molecule has 0 aliphatic carbocycles. The number of hydrogen-bond acceptors (Lipinski definition) is 8. The van der Waals surface area contributed by atoms with E-state index in [1.807, 2.05) is 13.8 Å². The number of amides is 3. The minimum absolute atomic E-state index is 0.0114. The van der Waals surface area contributed by atoms with E-state index in [0.717, 1.165) is 0 Å². The number of aliphatic carboxylic acids is 1. The van der Waals surface area contributed by atoms with Gasteiger partial charge in [0.05, 0.1) is 12.9 Å². The van der Waals surface area contributed by atoms with Gasteiger partial charge in [0, 0.05) is 24.7 Å². The highest BCUT2D eigenvalue weighted by Gasteiger charge is 2.31. The highest BCUT2D eigenvalue weighted by Crippen LogP contribution is 2.12. The maximum Gasteiger partial charge on any atom is 0.326 e. The summed E-state index contributed by atoms with van der Waals surface area (Å²) in [5, 5.41) is 35.8. The summed E-state index contributed by atoms with van der Waals surface area (Å²) in [6.45, 7) is 3.00. The number of rotatable bonds is 14. The molecule has 4 atom stereocenters. The first-order valence-corrected chi connectivity index (χ1v) is 11.8. The van der Waals surface area contributed by atoms with Gasteiger partial charge in [-0.3, -0.25) is 14.4 Å². The van der Waals surface area contributed by atoms with E-state index >= 15 is 0 Å². The topological polar surface area (TPSA) is 220 Å². The Morgan fingerprint density at radius 2 is 1.51 bits per heavy atom. The van der Waals surface area contributed by atoms with Gasteiger partial charge in [-0.25, -0.2) is 9.78 Å². The molecule has 37 heavy (non-hydrogen) atoms. The molecule has 0 aliphatic heterocycles. The highest BCUT2D eigenvalue weighted by molar-refractivity contribution is 5.94. The lowest BCUT2D eigenvalue weighted by Gasteiger charge is -2.25. The van der Waals surface area contributed by atoms with Gasteiger partial charge in [-0.15, -0.1) is 0 Å². The molecule has 0 radical (unpaired) electrons. The number of aromatic amines is 1. The molecule has 0 saturated carbocycles. The summed E-state index contributed by atoms with van der Waals surface area (Å²) < 4.78 is 0. The van der Waals surface area contributed by atoms with Crippen molar-refractivity contribution in [3.63, 3.8) is 0 Å². The lowest BCUT2D eigenvalue weighted by Crippen LogP contribution is -2.58. The van der Waals surface area contributed by atoms with Gasteiger partial charge >= 0.3 is 5.97 Å². The second kappa shape index (κ2) is 13.9. The predicted molar refractivity (Wildman–Crippen MR) is 132 cm³/mol. The highest BCUT2D eigenvalue weighted by atomic mass is 16.4. The van der Waals surface area contributed by atoms with Crippen molar-refractivity contribution < 1.29 is 34.5 Å². The van der Waals surface area contributed by atoms with Gasteiger partial charge in [-0.05, 0) is 30.0 Å². The number of aliphatic hydroxyl groups excluding tert-OH is 1. The fourth-order valence-electron chi connectivity index (χ4n) is 3.50. The fourth-order valence-corrected chi connectivity index (χ4v) is 3.50. The largest absolute Gasteiger partial charge is 0.508 e. The van der Waals surface area contributed by atoms with Gasteiger partial charge < -0.3 is 42.0 Å². The van der Waals surface area contributed by atoms with E-state index < -0.39 is 54.5 Å². The number of benzene rings is 1. The van der Waals surface area contributed by atoms with Crippen LogP contribution in [0.3, 0.4) is 0 Å². The molecule has 9 N–H and O–H groups in total. The number of phenols is 1. The van der Waals surface area contributed by atoms with E-state index in [-0.39, 0.29) is 30.9 Å². The van der Waals surface area contributed by atoms with Gasteiger partial charge in [0.25, 0.3) is 0 Å². The number of hydrogen-bond donors (Lipinski definition) is 8. The average Bonchev–Trinajstić information content (AvgIpc) is 3.36. The van der Waals surface area contributed by atoms with Gasteiger partial charge in [0.15, 0.2) is 0 Å². The van der Waals surface area contributed by atoms with Crippen molar-refractivity contribution in [2.45, 2.75) is 57.3 Å². The number of carboxylic acids is 1. The number of nitrogens with one attached hydrogen (secondary N) is 4. The van der Waals surface area contributed by atoms with Crippen molar-refractivity contribution in [1.82, 2.24) is 25.9 Å². The molecule has 1 aromatic heterocycles. The summed E-state index contributed by atoms with van der Waals surface area (Å²) in [5.41, 5.74) is 6.69. The third-order valence-electron chi connectivity index (χ3n) is 5.48. The number of phenolic OH excluding ortho intramolecular Hbond substituents is 1. The molecule has 0 fully saturated rings. The van der Waals surface area contributed by atoms with Crippen molar-refractivity contribution in [3.05, 3.63) is 48.0 Å². The van der Waals surface area contributed by atoms with Crippen LogP contribution < -0.4 is 21.7 Å². The smallest absolute Gasteiger partial charge is 0.326 e. The average molecular weight is 519 g/mol. The van der Waals surface area contributed by atoms with Crippen LogP contribution in [0.5, 0.6) is 5.75 Å². The Bertz CT molecular complexity index is 1040. The molecular weight excluding hydrogens is 484 g/mol. The van der Waals surface area contributed by atoms with Crippen molar-refractivity contribution in [2.24, 2.45) is 11.7 Å². The summed E-state index contributed by atoms with van der Waals surface area (Å²) in [5.74, 6) is -3.44. The Morgan fingerprint density at radius 1 is 0.946 bits per heavy atom. The summed E-state index contributed by atoms with van der Waals surface area (Å²) in [4.78, 5) is 57.2. The standard InChI is InChI=1S/C24H34N6O7/c1-13(2)7-20(24(36)37)30-23(35)19(9-15-10-26-12-27-15)29-22(34)18(28-21(33)17(25)11-31)8-14-3-5-16(32)6-4-14/h3-6,10,12-13,17-20,31-32H,7-9,11,25H2,1-2H3,(H,26,27)(H,28,33)(H,29,34)(H,30,35)(H,36,37). The molecule has 2 rings (SSSR count). The number of carbonyl (C=O) groups excluding carboxylic acids is 3. The van der Waals surface area contributed by atoms with E-state index in [0.29, 0.717) is 11.3 Å². The molecule has 0 spiro atoms. The first-order valence-electron chi connectivity index (χ1n) is 11.8. The van der Waals surface area contributed by atoms with Crippen molar-refractivity contribution in [1.29, 1.82) is 0 Å². The number of aliphatic hydroxyl groups is 1. The Morgan fingerprint density at radius 3 is 2.03 bits per heavy atom. The van der Waals surface area contributed by atoms with Crippen LogP contribution in [0, 0.1) is 5.92 Å². The number of H-pyrrole nitrogens is 1. The number of nitrogens with two attached hydrogens (primary N) is 1. The molecule has 3 amide bonds. The second-order valence-electron chi connectivity index (χ2n) is 9.09. The van der Waals surface area contributed by atoms with E-state index in [1.165, 1.54) is 24.7 Å². The SMILES string of the molecule is CC(C)CC(NC(=O)C(Cc1cnc[nH]1)NC(=O)C(Cc1ccc(O)cc1)NC(=O)C(N)CO)C(=O)O. The number of carboxylic acid groups (broad SMARTS) is 1. The molecule has 13 nitrogen and oxygen atoms in total. The van der Waals surface area contributed by atoms with Gasteiger partial charge in [0.1, 0.15) is 29.9 Å². The van der Waals surface area contributed by atoms with Crippen molar-refractivity contribution in [3.8, 4) is 5.75 Å². The molecule has 202 valence electrons. The predicted octanol–water partition coefficient (Wildman–Crippen LogP) is -1.19. The minimum atomic E-state index is -1.27. The number of carbonyl (C=O) groups is 4. The zero-order valence-electron chi connectivity index (χ0n) is 20.7. The lowest BCUT2D eigenvalue weighted by molar-refractivity contribution is -0.142. The number of aromatic hydroxyl groups is 1. The molecule has 1 heterocycles. The van der Waals surface area contributed by atoms with E-state index in [9.17, 15) is 34.5 Å². The number of aromatic nitrogens is 2. The van der Waals surface area contributed by atoms with Gasteiger partial charge in [0.2, 0.25) is 17.7 Å². The third-order valence-corrected chi connectivity index (χ3v) is 5.48. The fraction of sp³-hybridized carbons (Fsp3) is 0.458. The maximum atomic E-state index is 13.3. The third kappa shape index (κ3) is 9.54. The molecule has 0 aliphatic rings. The van der Waals surface area contributed by atoms with E-state index in [2.05, 4.69) is 25.9 Å². The van der Waals surface area contributed by atoms with Crippen LogP contribution in [0.4, 0.5) is 0 Å². The summed E-state index contributed by atoms with van der Waals surface area (Å²) in [6, 6.07) is 1.13. The van der Waals surface area contributed by atoms with E-state index in [4.69, 9.17) is 5.73 Å². The molecule has 2 aromatic rings. The molecular formula is C24H34N6O7. The van der Waals surface area contributed by atoms with Crippen LogP contribution in [0.15, 0.2) is 36.8 Å². The van der Waals surface area contributed by atoms with Crippen LogP contribution >= 0.6 is 0 Å².